The lowest BCUT2D eigenvalue weighted by Crippen LogP contribution is -2.14. The lowest BCUT2D eigenvalue weighted by Gasteiger charge is -2.16. The first-order valence-corrected chi connectivity index (χ1v) is 11.3. The summed E-state index contributed by atoms with van der Waals surface area (Å²) >= 11 is 1.49. The van der Waals surface area contributed by atoms with Crippen molar-refractivity contribution in [3.05, 3.63) is 47.3 Å². The van der Waals surface area contributed by atoms with Gasteiger partial charge in [-0.15, -0.1) is 11.8 Å². The summed E-state index contributed by atoms with van der Waals surface area (Å²) in [6.45, 7) is 3.84. The van der Waals surface area contributed by atoms with Crippen LogP contribution in [0.1, 0.15) is 34.2 Å². The number of aromatic nitrogens is 1. The largest absolute Gasteiger partial charge is 0.497 e. The molecule has 7 heteroatoms. The molecule has 5 nitrogen and oxygen atoms in total. The van der Waals surface area contributed by atoms with Crippen LogP contribution in [0.5, 0.6) is 5.75 Å². The average molecular weight is 394 g/mol. The monoisotopic (exact) mass is 393 g/mol. The minimum atomic E-state index is -2.96. The van der Waals surface area contributed by atoms with Gasteiger partial charge in [-0.3, -0.25) is 4.79 Å². The second-order valence-corrected chi connectivity index (χ2v) is 9.88. The molecule has 26 heavy (non-hydrogen) atoms. The number of nitrogens with zero attached hydrogens (tertiary/aromatic N) is 1. The molecule has 140 valence electrons. The third-order valence-corrected chi connectivity index (χ3v) is 7.55. The van der Waals surface area contributed by atoms with E-state index in [1.807, 2.05) is 48.7 Å². The van der Waals surface area contributed by atoms with E-state index in [0.717, 1.165) is 22.0 Å². The molecule has 0 saturated carbocycles. The zero-order chi connectivity index (χ0) is 18.9. The Bertz CT molecular complexity index is 914. The summed E-state index contributed by atoms with van der Waals surface area (Å²) in [6.07, 6.45) is 0.618. The fourth-order valence-corrected chi connectivity index (χ4v) is 5.98. The molecule has 1 aliphatic rings. The van der Waals surface area contributed by atoms with Crippen molar-refractivity contribution in [3.8, 4) is 5.75 Å². The van der Waals surface area contributed by atoms with Gasteiger partial charge >= 0.3 is 0 Å². The van der Waals surface area contributed by atoms with Crippen LogP contribution in [0.4, 0.5) is 0 Å². The van der Waals surface area contributed by atoms with Gasteiger partial charge in [-0.05, 0) is 50.6 Å². The third kappa shape index (κ3) is 3.99. The van der Waals surface area contributed by atoms with Crippen molar-refractivity contribution in [1.82, 2.24) is 4.57 Å². The van der Waals surface area contributed by atoms with Crippen molar-refractivity contribution < 1.29 is 17.9 Å². The zero-order valence-electron chi connectivity index (χ0n) is 15.2. The minimum absolute atomic E-state index is 0.0595. The molecular formula is C19H23NO4S2. The van der Waals surface area contributed by atoms with E-state index in [1.165, 1.54) is 11.8 Å². The molecule has 1 atom stereocenters. The number of benzene rings is 1. The van der Waals surface area contributed by atoms with E-state index in [9.17, 15) is 13.2 Å². The molecule has 2 heterocycles. The van der Waals surface area contributed by atoms with Crippen LogP contribution in [0.25, 0.3) is 0 Å². The van der Waals surface area contributed by atoms with Gasteiger partial charge in [0, 0.05) is 27.9 Å². The number of hydrogen-bond donors (Lipinski definition) is 0. The Morgan fingerprint density at radius 1 is 1.27 bits per heavy atom. The molecule has 0 spiro atoms. The predicted octanol–water partition coefficient (Wildman–Crippen LogP) is 3.45. The molecule has 1 saturated heterocycles. The van der Waals surface area contributed by atoms with E-state index in [2.05, 4.69) is 0 Å². The van der Waals surface area contributed by atoms with Crippen LogP contribution in [-0.4, -0.2) is 43.1 Å². The Morgan fingerprint density at radius 3 is 2.54 bits per heavy atom. The number of Topliss-reactive ketones (excluding diaryl/α,β-unsaturated/α-hetero) is 1. The zero-order valence-corrected chi connectivity index (χ0v) is 16.8. The lowest BCUT2D eigenvalue weighted by molar-refractivity contribution is 0.102. The van der Waals surface area contributed by atoms with Gasteiger partial charge < -0.3 is 9.30 Å². The fraction of sp³-hybridized carbons (Fsp3) is 0.421. The van der Waals surface area contributed by atoms with E-state index in [4.69, 9.17) is 4.74 Å². The highest BCUT2D eigenvalue weighted by Gasteiger charge is 2.31. The maximum Gasteiger partial charge on any atom is 0.174 e. The topological polar surface area (TPSA) is 65.4 Å². The third-order valence-electron chi connectivity index (χ3n) is 4.79. The van der Waals surface area contributed by atoms with Gasteiger partial charge in [0.1, 0.15) is 5.75 Å². The van der Waals surface area contributed by atoms with E-state index >= 15 is 0 Å². The van der Waals surface area contributed by atoms with Crippen molar-refractivity contribution in [2.45, 2.75) is 31.2 Å². The van der Waals surface area contributed by atoms with Crippen LogP contribution in [-0.2, 0) is 9.84 Å². The van der Waals surface area contributed by atoms with Crippen molar-refractivity contribution in [1.29, 1.82) is 0 Å². The summed E-state index contributed by atoms with van der Waals surface area (Å²) in [6, 6.07) is 9.44. The van der Waals surface area contributed by atoms with E-state index in [1.54, 1.807) is 7.11 Å². The standard InChI is InChI=1S/C19H23NO4S2/c1-13-10-18(14(2)20(13)15-8-9-26(22,23)12-15)19(21)11-25-17-6-4-16(24-3)5-7-17/h4-7,10,15H,8-9,11-12H2,1-3H3. The molecule has 1 fully saturated rings. The van der Waals surface area contributed by atoms with Gasteiger partial charge in [0.05, 0.1) is 24.4 Å². The Balaban J connectivity index is 1.72. The SMILES string of the molecule is COc1ccc(SCC(=O)c2cc(C)n(C3CCS(=O)(=O)C3)c2C)cc1. The molecule has 1 aliphatic heterocycles. The molecule has 1 aromatic carbocycles. The van der Waals surface area contributed by atoms with Gasteiger partial charge in [-0.1, -0.05) is 0 Å². The normalized spacial score (nSPS) is 18.8. The number of sulfone groups is 1. The molecule has 0 amide bonds. The highest BCUT2D eigenvalue weighted by molar-refractivity contribution is 8.00. The Hall–Kier alpha value is -1.73. The number of ketones is 1. The van der Waals surface area contributed by atoms with Gasteiger partial charge in [-0.25, -0.2) is 8.42 Å². The Labute approximate surface area is 158 Å². The van der Waals surface area contributed by atoms with Crippen LogP contribution in [0.15, 0.2) is 35.2 Å². The number of methoxy groups -OCH3 is 1. The summed E-state index contributed by atoms with van der Waals surface area (Å²) in [5.41, 5.74) is 2.50. The van der Waals surface area contributed by atoms with E-state index < -0.39 is 9.84 Å². The number of aryl methyl sites for hydroxylation is 1. The first kappa shape index (κ1) is 19.0. The minimum Gasteiger partial charge on any atom is -0.497 e. The summed E-state index contributed by atoms with van der Waals surface area (Å²) in [4.78, 5) is 13.7. The number of hydrogen-bond acceptors (Lipinski definition) is 5. The Kier molecular flexibility index (Phi) is 5.48. The van der Waals surface area contributed by atoms with Gasteiger partial charge in [0.2, 0.25) is 0 Å². The highest BCUT2D eigenvalue weighted by atomic mass is 32.2. The van der Waals surface area contributed by atoms with E-state index in [0.29, 0.717) is 17.7 Å². The fourth-order valence-electron chi connectivity index (χ4n) is 3.50. The number of thioether (sulfide) groups is 1. The van der Waals surface area contributed by atoms with Gasteiger partial charge in [0.15, 0.2) is 15.6 Å². The summed E-state index contributed by atoms with van der Waals surface area (Å²) in [5.74, 6) is 1.59. The van der Waals surface area contributed by atoms with Crippen LogP contribution >= 0.6 is 11.8 Å². The summed E-state index contributed by atoms with van der Waals surface area (Å²) in [7, 11) is -1.34. The van der Waals surface area contributed by atoms with Crippen LogP contribution in [0.3, 0.4) is 0 Å². The van der Waals surface area contributed by atoms with Crippen LogP contribution in [0, 0.1) is 13.8 Å². The number of ether oxygens (including phenoxy) is 1. The van der Waals surface area contributed by atoms with Crippen molar-refractivity contribution in [2.24, 2.45) is 0 Å². The molecule has 3 rings (SSSR count). The summed E-state index contributed by atoms with van der Waals surface area (Å²) < 4.78 is 30.7. The van der Waals surface area contributed by atoms with Gasteiger partial charge in [0.25, 0.3) is 0 Å². The molecule has 1 aromatic heterocycles. The van der Waals surface area contributed by atoms with Crippen molar-refractivity contribution >= 4 is 27.4 Å². The molecule has 2 aromatic rings. The molecule has 1 unspecified atom stereocenters. The van der Waals surface area contributed by atoms with Crippen LogP contribution < -0.4 is 4.74 Å². The average Bonchev–Trinajstić information content (AvgIpc) is 3.11. The predicted molar refractivity (Wildman–Crippen MR) is 104 cm³/mol. The molecule has 0 aliphatic carbocycles. The molecular weight excluding hydrogens is 370 g/mol. The maximum absolute atomic E-state index is 12.7. The number of rotatable bonds is 6. The highest BCUT2D eigenvalue weighted by Crippen LogP contribution is 2.30. The van der Waals surface area contributed by atoms with Crippen molar-refractivity contribution in [2.75, 3.05) is 24.4 Å². The molecule has 0 N–H and O–H groups in total. The van der Waals surface area contributed by atoms with Gasteiger partial charge in [-0.2, -0.15) is 0 Å². The molecule has 0 radical (unpaired) electrons. The first-order valence-electron chi connectivity index (χ1n) is 8.49. The smallest absolute Gasteiger partial charge is 0.174 e. The van der Waals surface area contributed by atoms with Crippen molar-refractivity contribution in [3.63, 3.8) is 0 Å². The van der Waals surface area contributed by atoms with E-state index in [-0.39, 0.29) is 23.3 Å². The van der Waals surface area contributed by atoms with Crippen LogP contribution in [0.2, 0.25) is 0 Å². The summed E-state index contributed by atoms with van der Waals surface area (Å²) in [5, 5.41) is 0. The second kappa shape index (κ2) is 7.48. The first-order chi connectivity index (χ1) is 12.3. The molecule has 0 bridgehead atoms. The Morgan fingerprint density at radius 2 is 1.96 bits per heavy atom. The second-order valence-electron chi connectivity index (χ2n) is 6.60. The lowest BCUT2D eigenvalue weighted by atomic mass is 10.2. The number of carbonyl (C=O) groups excluding carboxylic acids is 1. The maximum atomic E-state index is 12.7. The number of carbonyl (C=O) groups is 1. The quantitative estimate of drug-likeness (QED) is 0.556.